The van der Waals surface area contributed by atoms with Crippen LogP contribution in [0.2, 0.25) is 0 Å². The van der Waals surface area contributed by atoms with Gasteiger partial charge in [0.05, 0.1) is 0 Å². The lowest BCUT2D eigenvalue weighted by Crippen LogP contribution is -1.95. The van der Waals surface area contributed by atoms with E-state index < -0.39 is 0 Å². The van der Waals surface area contributed by atoms with Crippen molar-refractivity contribution in [2.24, 2.45) is 0 Å². The summed E-state index contributed by atoms with van der Waals surface area (Å²) in [6.07, 6.45) is 10.0. The van der Waals surface area contributed by atoms with Gasteiger partial charge in [-0.25, -0.2) is 0 Å². The zero-order valence-corrected chi connectivity index (χ0v) is 10.9. The quantitative estimate of drug-likeness (QED) is 0.575. The molecule has 0 nitrogen and oxygen atoms in total. The average molecular weight is 224 g/mol. The molecule has 0 spiro atoms. The molecule has 0 bridgehead atoms. The first kappa shape index (κ1) is 11.9. The zero-order valence-electron chi connectivity index (χ0n) is 10.9. The molecule has 0 saturated carbocycles. The van der Waals surface area contributed by atoms with Crippen molar-refractivity contribution in [2.45, 2.75) is 33.1 Å². The van der Waals surface area contributed by atoms with E-state index >= 15 is 0 Å². The van der Waals surface area contributed by atoms with Crippen LogP contribution in [0.3, 0.4) is 0 Å². The molecule has 2 aliphatic rings. The molecule has 0 heteroatoms. The van der Waals surface area contributed by atoms with Gasteiger partial charge in [0, 0.05) is 5.92 Å². The minimum absolute atomic E-state index is 0.510. The molecule has 0 aliphatic heterocycles. The smallest absolute Gasteiger partial charge is 0.0281 e. The summed E-state index contributed by atoms with van der Waals surface area (Å²) in [4.78, 5) is 0. The van der Waals surface area contributed by atoms with Gasteiger partial charge >= 0.3 is 0 Å². The van der Waals surface area contributed by atoms with Crippen molar-refractivity contribution >= 4 is 5.57 Å². The summed E-state index contributed by atoms with van der Waals surface area (Å²) in [5, 5.41) is 0. The highest BCUT2D eigenvalue weighted by molar-refractivity contribution is 5.80. The largest absolute Gasteiger partial charge is 0.0726 e. The predicted octanol–water partition coefficient (Wildman–Crippen LogP) is 5.10. The summed E-state index contributed by atoms with van der Waals surface area (Å²) < 4.78 is 0. The summed E-state index contributed by atoms with van der Waals surface area (Å²) >= 11 is 0. The Morgan fingerprint density at radius 2 is 1.76 bits per heavy atom. The van der Waals surface area contributed by atoms with Crippen LogP contribution in [-0.4, -0.2) is 0 Å². The van der Waals surface area contributed by atoms with Crippen LogP contribution >= 0.6 is 0 Å². The lowest BCUT2D eigenvalue weighted by Gasteiger charge is -2.11. The molecule has 0 aromatic heterocycles. The number of benzene rings is 1. The van der Waals surface area contributed by atoms with Crippen molar-refractivity contribution in [3.8, 4) is 0 Å². The first-order valence-corrected chi connectivity index (χ1v) is 6.44. The van der Waals surface area contributed by atoms with Crippen LogP contribution in [0, 0.1) is 0 Å². The van der Waals surface area contributed by atoms with E-state index in [0.29, 0.717) is 5.92 Å². The molecule has 0 radical (unpaired) electrons. The molecule has 0 N–H and O–H groups in total. The molecule has 1 aromatic carbocycles. The van der Waals surface area contributed by atoms with Crippen molar-refractivity contribution in [1.82, 2.24) is 0 Å². The van der Waals surface area contributed by atoms with E-state index in [9.17, 15) is 0 Å². The maximum atomic E-state index is 2.28. The molecule has 2 aliphatic carbocycles. The molecule has 1 atom stereocenters. The second kappa shape index (κ2) is 5.18. The van der Waals surface area contributed by atoms with E-state index in [-0.39, 0.29) is 0 Å². The summed E-state index contributed by atoms with van der Waals surface area (Å²) in [5.74, 6) is 0.510. The van der Waals surface area contributed by atoms with Crippen LogP contribution in [0.15, 0.2) is 54.1 Å². The van der Waals surface area contributed by atoms with Gasteiger partial charge in [-0.1, -0.05) is 68.8 Å². The number of fused-ring (bicyclic) bond motifs is 3. The van der Waals surface area contributed by atoms with E-state index in [1.165, 1.54) is 28.7 Å². The highest BCUT2D eigenvalue weighted by atomic mass is 14.3. The fourth-order valence-electron chi connectivity index (χ4n) is 2.44. The van der Waals surface area contributed by atoms with Gasteiger partial charge in [-0.2, -0.15) is 0 Å². The molecule has 88 valence electrons. The van der Waals surface area contributed by atoms with Gasteiger partial charge in [-0.05, 0) is 29.2 Å². The maximum absolute atomic E-state index is 2.28. The lowest BCUT2D eigenvalue weighted by molar-refractivity contribution is 1.05. The van der Waals surface area contributed by atoms with Crippen molar-refractivity contribution < 1.29 is 0 Å². The lowest BCUT2D eigenvalue weighted by atomic mass is 9.92. The van der Waals surface area contributed by atoms with Crippen LogP contribution < -0.4 is 0 Å². The Morgan fingerprint density at radius 1 is 1.06 bits per heavy atom. The van der Waals surface area contributed by atoms with Crippen molar-refractivity contribution in [1.29, 1.82) is 0 Å². The van der Waals surface area contributed by atoms with E-state index in [4.69, 9.17) is 0 Å². The average Bonchev–Trinajstić information content (AvgIpc) is 2.66. The number of allylic oxidation sites excluding steroid dienone is 6. The Bertz CT molecular complexity index is 487. The maximum Gasteiger partial charge on any atom is 0.0281 e. The Labute approximate surface area is 104 Å². The number of hydrogen-bond donors (Lipinski definition) is 0. The highest BCUT2D eigenvalue weighted by Crippen LogP contribution is 2.44. The van der Waals surface area contributed by atoms with Crippen LogP contribution in [0.25, 0.3) is 5.57 Å². The third-order valence-electron chi connectivity index (χ3n) is 3.16. The molecule has 0 saturated heterocycles. The molecular weight excluding hydrogens is 204 g/mol. The summed E-state index contributed by atoms with van der Waals surface area (Å²) in [5.41, 5.74) is 5.78. The highest BCUT2D eigenvalue weighted by Gasteiger charge is 2.25. The molecule has 0 fully saturated rings. The van der Waals surface area contributed by atoms with Crippen molar-refractivity contribution in [3.05, 3.63) is 65.3 Å². The minimum atomic E-state index is 0.510. The molecular formula is C17H20. The normalized spacial score (nSPS) is 19.6. The van der Waals surface area contributed by atoms with Gasteiger partial charge in [-0.15, -0.1) is 0 Å². The third kappa shape index (κ3) is 2.12. The Balaban J connectivity index is 0.000000329. The van der Waals surface area contributed by atoms with E-state index in [2.05, 4.69) is 69.3 Å². The SMILES string of the molecule is CC1=C2C=CC=CC2c2ccccc21.CCC. The van der Waals surface area contributed by atoms with Crippen LogP contribution in [-0.2, 0) is 0 Å². The Hall–Kier alpha value is -1.56. The van der Waals surface area contributed by atoms with Crippen molar-refractivity contribution in [2.75, 3.05) is 0 Å². The zero-order chi connectivity index (χ0) is 12.3. The van der Waals surface area contributed by atoms with Gasteiger partial charge in [0.25, 0.3) is 0 Å². The number of rotatable bonds is 0. The molecule has 1 unspecified atom stereocenters. The van der Waals surface area contributed by atoms with Crippen LogP contribution in [0.4, 0.5) is 0 Å². The molecule has 0 heterocycles. The monoisotopic (exact) mass is 224 g/mol. The predicted molar refractivity (Wildman–Crippen MR) is 76.0 cm³/mol. The van der Waals surface area contributed by atoms with Gasteiger partial charge in [0.1, 0.15) is 0 Å². The van der Waals surface area contributed by atoms with E-state index in [1.54, 1.807) is 0 Å². The van der Waals surface area contributed by atoms with Crippen molar-refractivity contribution in [3.63, 3.8) is 0 Å². The second-order valence-electron chi connectivity index (χ2n) is 4.60. The minimum Gasteiger partial charge on any atom is -0.0726 e. The molecule has 1 aromatic rings. The summed E-state index contributed by atoms with van der Waals surface area (Å²) in [7, 11) is 0. The Morgan fingerprint density at radius 3 is 2.53 bits per heavy atom. The first-order chi connectivity index (χ1) is 8.29. The topological polar surface area (TPSA) is 0 Å². The van der Waals surface area contributed by atoms with Gasteiger partial charge in [0.15, 0.2) is 0 Å². The summed E-state index contributed by atoms with van der Waals surface area (Å²) in [6.45, 7) is 6.47. The molecule has 0 amide bonds. The van der Waals surface area contributed by atoms with Crippen LogP contribution in [0.1, 0.15) is 44.2 Å². The second-order valence-corrected chi connectivity index (χ2v) is 4.60. The standard InChI is InChI=1S/C14H12.C3H8/c1-10-11-6-2-4-8-13(11)14-9-5-3-7-12(10)14;1-3-2/h2-9,13H,1H3;3H2,1-2H3. The molecule has 17 heavy (non-hydrogen) atoms. The first-order valence-electron chi connectivity index (χ1n) is 6.44. The van der Waals surface area contributed by atoms with E-state index in [1.807, 2.05) is 0 Å². The number of hydrogen-bond acceptors (Lipinski definition) is 0. The van der Waals surface area contributed by atoms with Gasteiger partial charge in [-0.3, -0.25) is 0 Å². The van der Waals surface area contributed by atoms with Crippen LogP contribution in [0.5, 0.6) is 0 Å². The fourth-order valence-corrected chi connectivity index (χ4v) is 2.44. The molecule has 3 rings (SSSR count). The van der Waals surface area contributed by atoms with Gasteiger partial charge < -0.3 is 0 Å². The Kier molecular flexibility index (Phi) is 3.63. The summed E-state index contributed by atoms with van der Waals surface area (Å²) in [6, 6.07) is 8.70. The van der Waals surface area contributed by atoms with E-state index in [0.717, 1.165) is 0 Å². The van der Waals surface area contributed by atoms with Gasteiger partial charge in [0.2, 0.25) is 0 Å². The third-order valence-corrected chi connectivity index (χ3v) is 3.16. The fraction of sp³-hybridized carbons (Fsp3) is 0.294.